The number of ether oxygens (including phenoxy) is 2. The lowest BCUT2D eigenvalue weighted by molar-refractivity contribution is 0.0436. The summed E-state index contributed by atoms with van der Waals surface area (Å²) >= 11 is 1.39. The Labute approximate surface area is 147 Å². The van der Waals surface area contributed by atoms with Gasteiger partial charge in [0.25, 0.3) is 0 Å². The number of nitrogens with zero attached hydrogens (tertiary/aromatic N) is 1. The summed E-state index contributed by atoms with van der Waals surface area (Å²) in [6.07, 6.45) is -0.561. The quantitative estimate of drug-likeness (QED) is 0.719. The van der Waals surface area contributed by atoms with Gasteiger partial charge < -0.3 is 14.8 Å². The molecule has 2 heterocycles. The van der Waals surface area contributed by atoms with E-state index in [0.29, 0.717) is 22.9 Å². The van der Waals surface area contributed by atoms with Gasteiger partial charge in [-0.05, 0) is 31.2 Å². The van der Waals surface area contributed by atoms with Crippen molar-refractivity contribution in [3.05, 3.63) is 59.2 Å². The van der Waals surface area contributed by atoms with Crippen LogP contribution in [0.25, 0.3) is 10.2 Å². The van der Waals surface area contributed by atoms with Crippen LogP contribution < -0.4 is 5.32 Å². The van der Waals surface area contributed by atoms with Crippen LogP contribution in [0.4, 0.5) is 5.13 Å². The summed E-state index contributed by atoms with van der Waals surface area (Å²) in [7, 11) is 0. The lowest BCUT2D eigenvalue weighted by Gasteiger charge is -2.11. The van der Waals surface area contributed by atoms with Gasteiger partial charge in [0.1, 0.15) is 0 Å². The number of nitrogens with one attached hydrogen (secondary N) is 1. The summed E-state index contributed by atoms with van der Waals surface area (Å²) in [6.45, 7) is 2.10. The monoisotopic (exact) mass is 354 g/mol. The van der Waals surface area contributed by atoms with E-state index in [9.17, 15) is 9.59 Å². The van der Waals surface area contributed by atoms with Gasteiger partial charge in [0.15, 0.2) is 5.13 Å². The second kappa shape index (κ2) is 6.18. The predicted molar refractivity (Wildman–Crippen MR) is 93.8 cm³/mol. The maximum absolute atomic E-state index is 11.9. The highest BCUT2D eigenvalue weighted by Crippen LogP contribution is 2.34. The number of benzene rings is 2. The fourth-order valence-electron chi connectivity index (χ4n) is 2.69. The summed E-state index contributed by atoms with van der Waals surface area (Å²) < 4.78 is 11.2. The number of aromatic nitrogens is 1. The van der Waals surface area contributed by atoms with Gasteiger partial charge in [0.2, 0.25) is 6.23 Å². The molecule has 7 heteroatoms. The van der Waals surface area contributed by atoms with Gasteiger partial charge in [0.05, 0.1) is 28.0 Å². The van der Waals surface area contributed by atoms with E-state index in [4.69, 9.17) is 9.47 Å². The highest BCUT2D eigenvalue weighted by molar-refractivity contribution is 7.22. The Balaban J connectivity index is 1.61. The number of hydrogen-bond donors (Lipinski definition) is 1. The van der Waals surface area contributed by atoms with Crippen molar-refractivity contribution in [3.8, 4) is 0 Å². The van der Waals surface area contributed by atoms with Crippen LogP contribution in [0.5, 0.6) is 0 Å². The molecule has 1 aliphatic rings. The third-order valence-corrected chi connectivity index (χ3v) is 4.79. The average molecular weight is 354 g/mol. The SMILES string of the molecule is CCOC(=O)c1ccc2nc(NC3OC(=O)c4ccccc43)sc2c1. The molecule has 2 aromatic carbocycles. The first kappa shape index (κ1) is 15.6. The lowest BCUT2D eigenvalue weighted by Crippen LogP contribution is -2.09. The molecular weight excluding hydrogens is 340 g/mol. The summed E-state index contributed by atoms with van der Waals surface area (Å²) in [5.41, 5.74) is 2.60. The second-order valence-electron chi connectivity index (χ2n) is 5.44. The van der Waals surface area contributed by atoms with E-state index in [2.05, 4.69) is 10.3 Å². The molecule has 0 bridgehead atoms. The fourth-order valence-corrected chi connectivity index (χ4v) is 3.62. The third kappa shape index (κ3) is 2.83. The van der Waals surface area contributed by atoms with Crippen molar-refractivity contribution in [3.63, 3.8) is 0 Å². The molecule has 0 spiro atoms. The molecule has 1 aliphatic heterocycles. The molecule has 1 aromatic heterocycles. The molecule has 6 nitrogen and oxygen atoms in total. The van der Waals surface area contributed by atoms with E-state index in [1.807, 2.05) is 12.1 Å². The molecule has 1 unspecified atom stereocenters. The first-order chi connectivity index (χ1) is 12.2. The number of carbonyl (C=O) groups is 2. The van der Waals surface area contributed by atoms with Gasteiger partial charge in [-0.25, -0.2) is 14.6 Å². The van der Waals surface area contributed by atoms with Crippen LogP contribution in [0, 0.1) is 0 Å². The van der Waals surface area contributed by atoms with E-state index in [0.717, 1.165) is 15.8 Å². The Morgan fingerprint density at radius 3 is 3.00 bits per heavy atom. The van der Waals surface area contributed by atoms with Crippen molar-refractivity contribution >= 4 is 38.6 Å². The summed E-state index contributed by atoms with van der Waals surface area (Å²) in [6, 6.07) is 12.5. The number of esters is 2. The summed E-state index contributed by atoms with van der Waals surface area (Å²) in [4.78, 5) is 28.2. The van der Waals surface area contributed by atoms with Crippen molar-refractivity contribution in [1.29, 1.82) is 0 Å². The Kier molecular flexibility index (Phi) is 3.85. The maximum Gasteiger partial charge on any atom is 0.340 e. The highest BCUT2D eigenvalue weighted by Gasteiger charge is 2.31. The average Bonchev–Trinajstić information content (AvgIpc) is 3.16. The smallest absolute Gasteiger partial charge is 0.340 e. The summed E-state index contributed by atoms with van der Waals surface area (Å²) in [5, 5.41) is 3.76. The normalized spacial score (nSPS) is 15.7. The molecule has 0 radical (unpaired) electrons. The van der Waals surface area contributed by atoms with Crippen molar-refractivity contribution in [2.75, 3.05) is 11.9 Å². The zero-order chi connectivity index (χ0) is 17.4. The molecule has 0 saturated carbocycles. The number of fused-ring (bicyclic) bond motifs is 2. The number of rotatable bonds is 4. The van der Waals surface area contributed by atoms with Crippen LogP contribution in [0.2, 0.25) is 0 Å². The number of hydrogen-bond acceptors (Lipinski definition) is 7. The minimum atomic E-state index is -0.561. The van der Waals surface area contributed by atoms with Crippen LogP contribution in [-0.4, -0.2) is 23.5 Å². The first-order valence-corrected chi connectivity index (χ1v) is 8.61. The molecule has 25 heavy (non-hydrogen) atoms. The zero-order valence-corrected chi connectivity index (χ0v) is 14.1. The highest BCUT2D eigenvalue weighted by atomic mass is 32.1. The van der Waals surface area contributed by atoms with Crippen LogP contribution in [0.1, 0.15) is 39.4 Å². The maximum atomic E-state index is 11.9. The third-order valence-electron chi connectivity index (χ3n) is 3.84. The van der Waals surface area contributed by atoms with Crippen molar-refractivity contribution < 1.29 is 19.1 Å². The van der Waals surface area contributed by atoms with Gasteiger partial charge in [0, 0.05) is 5.56 Å². The zero-order valence-electron chi connectivity index (χ0n) is 13.3. The van der Waals surface area contributed by atoms with Gasteiger partial charge >= 0.3 is 11.9 Å². The molecule has 0 aliphatic carbocycles. The molecular formula is C18H14N2O4S. The van der Waals surface area contributed by atoms with Gasteiger partial charge in [-0.1, -0.05) is 29.5 Å². The van der Waals surface area contributed by atoms with Gasteiger partial charge in [-0.2, -0.15) is 0 Å². The Hall–Kier alpha value is -2.93. The molecule has 0 saturated heterocycles. The first-order valence-electron chi connectivity index (χ1n) is 7.80. The van der Waals surface area contributed by atoms with Crippen LogP contribution >= 0.6 is 11.3 Å². The Bertz CT molecular complexity index is 982. The second-order valence-corrected chi connectivity index (χ2v) is 6.47. The van der Waals surface area contributed by atoms with Crippen molar-refractivity contribution in [2.24, 2.45) is 0 Å². The van der Waals surface area contributed by atoms with Crippen LogP contribution in [0.3, 0.4) is 0 Å². The predicted octanol–water partition coefficient (Wildman–Crippen LogP) is 3.75. The van der Waals surface area contributed by atoms with E-state index in [-0.39, 0.29) is 11.9 Å². The fraction of sp³-hybridized carbons (Fsp3) is 0.167. The summed E-state index contributed by atoms with van der Waals surface area (Å²) in [5.74, 6) is -0.704. The van der Waals surface area contributed by atoms with Crippen molar-refractivity contribution in [1.82, 2.24) is 4.98 Å². The largest absolute Gasteiger partial charge is 0.462 e. The molecule has 1 N–H and O–H groups in total. The van der Waals surface area contributed by atoms with E-state index < -0.39 is 6.23 Å². The van der Waals surface area contributed by atoms with Crippen LogP contribution in [0.15, 0.2) is 42.5 Å². The van der Waals surface area contributed by atoms with Crippen molar-refractivity contribution in [2.45, 2.75) is 13.2 Å². The number of carbonyl (C=O) groups excluding carboxylic acids is 2. The van der Waals surface area contributed by atoms with E-state index in [1.165, 1.54) is 11.3 Å². The Morgan fingerprint density at radius 2 is 2.16 bits per heavy atom. The van der Waals surface area contributed by atoms with E-state index >= 15 is 0 Å². The number of anilines is 1. The molecule has 126 valence electrons. The molecule has 1 atom stereocenters. The molecule has 0 fully saturated rings. The lowest BCUT2D eigenvalue weighted by atomic mass is 10.1. The molecule has 0 amide bonds. The molecule has 3 aromatic rings. The number of thiazole rings is 1. The minimum Gasteiger partial charge on any atom is -0.462 e. The number of cyclic esters (lactones) is 1. The standard InChI is InChI=1S/C18H14N2O4S/c1-2-23-16(21)10-7-8-13-14(9-10)25-18(19-13)20-15-11-5-3-4-6-12(11)17(22)24-15/h3-9,15H,2H2,1H3,(H,19,20). The minimum absolute atomic E-state index is 0.332. The van der Waals surface area contributed by atoms with E-state index in [1.54, 1.807) is 37.3 Å². The van der Waals surface area contributed by atoms with Gasteiger partial charge in [-0.3, -0.25) is 0 Å². The van der Waals surface area contributed by atoms with Gasteiger partial charge in [-0.15, -0.1) is 0 Å². The Morgan fingerprint density at radius 1 is 1.32 bits per heavy atom. The molecule has 4 rings (SSSR count). The van der Waals surface area contributed by atoms with Crippen LogP contribution in [-0.2, 0) is 9.47 Å². The topological polar surface area (TPSA) is 77.5 Å².